The molecule has 0 aromatic rings. The highest BCUT2D eigenvalue weighted by molar-refractivity contribution is 7.82. The van der Waals surface area contributed by atoms with Gasteiger partial charge in [0.25, 0.3) is 0 Å². The molecule has 0 radical (unpaired) electrons. The molecule has 4 heteroatoms. The molecular weight excluding hydrogens is 198 g/mol. The van der Waals surface area contributed by atoms with Crippen molar-refractivity contribution in [1.29, 1.82) is 0 Å². The van der Waals surface area contributed by atoms with Gasteiger partial charge in [0.15, 0.2) is 0 Å². The number of ketones is 1. The summed E-state index contributed by atoms with van der Waals surface area (Å²) in [7, 11) is -1.33. The van der Waals surface area contributed by atoms with Crippen LogP contribution in [-0.4, -0.2) is 15.7 Å². The van der Waals surface area contributed by atoms with Crippen LogP contribution in [0.3, 0.4) is 0 Å². The third-order valence-electron chi connectivity index (χ3n) is 5.15. The fraction of sp³-hybridized carbons (Fsp3) is 0.900. The molecular formula is C10H15NO2S. The molecule has 3 fully saturated rings. The molecule has 3 aliphatic carbocycles. The predicted molar refractivity (Wildman–Crippen MR) is 53.6 cm³/mol. The lowest BCUT2D eigenvalue weighted by Gasteiger charge is -2.14. The van der Waals surface area contributed by atoms with Gasteiger partial charge in [-0.25, -0.2) is 4.21 Å². The summed E-state index contributed by atoms with van der Waals surface area (Å²) in [5.74, 6) is 1.26. The summed E-state index contributed by atoms with van der Waals surface area (Å²) in [5.41, 5.74) is 0.215. The van der Waals surface area contributed by atoms with Crippen molar-refractivity contribution >= 4 is 16.8 Å². The van der Waals surface area contributed by atoms with E-state index in [4.69, 9.17) is 5.14 Å². The number of nitrogens with two attached hydrogens (primary N) is 1. The molecule has 3 saturated carbocycles. The highest BCUT2D eigenvalue weighted by Gasteiger charge is 2.95. The van der Waals surface area contributed by atoms with Gasteiger partial charge in [0.2, 0.25) is 0 Å². The molecule has 4 atom stereocenters. The first kappa shape index (κ1) is 9.04. The van der Waals surface area contributed by atoms with Crippen LogP contribution in [-0.2, 0) is 15.8 Å². The van der Waals surface area contributed by atoms with Crippen molar-refractivity contribution in [2.45, 2.75) is 26.7 Å². The van der Waals surface area contributed by atoms with Gasteiger partial charge in [0.1, 0.15) is 5.78 Å². The Kier molecular flexibility index (Phi) is 1.29. The number of hydrogen-bond acceptors (Lipinski definition) is 2. The largest absolute Gasteiger partial charge is 0.299 e. The van der Waals surface area contributed by atoms with Crippen molar-refractivity contribution < 1.29 is 9.00 Å². The van der Waals surface area contributed by atoms with Crippen LogP contribution >= 0.6 is 0 Å². The SMILES string of the molecule is CC1(C)C2CC(=O)C3(CS(N)=O)CC231. The number of hydrogen-bond donors (Lipinski definition) is 1. The average molecular weight is 213 g/mol. The van der Waals surface area contributed by atoms with Crippen LogP contribution in [0.1, 0.15) is 26.7 Å². The number of carbonyl (C=O) groups excluding carboxylic acids is 1. The van der Waals surface area contributed by atoms with Gasteiger partial charge >= 0.3 is 0 Å². The molecule has 0 aromatic carbocycles. The van der Waals surface area contributed by atoms with Crippen LogP contribution < -0.4 is 5.14 Å². The fourth-order valence-corrected chi connectivity index (χ4v) is 5.37. The zero-order valence-corrected chi connectivity index (χ0v) is 9.32. The lowest BCUT2D eigenvalue weighted by Crippen LogP contribution is -2.27. The minimum Gasteiger partial charge on any atom is -0.299 e. The minimum absolute atomic E-state index is 0.201. The lowest BCUT2D eigenvalue weighted by atomic mass is 9.92. The topological polar surface area (TPSA) is 60.2 Å². The van der Waals surface area contributed by atoms with Gasteiger partial charge in [-0.05, 0) is 23.2 Å². The molecule has 0 saturated heterocycles. The Hall–Kier alpha value is -0.220. The van der Waals surface area contributed by atoms with Crippen molar-refractivity contribution in [3.05, 3.63) is 0 Å². The normalized spacial score (nSPS) is 53.6. The summed E-state index contributed by atoms with van der Waals surface area (Å²) in [5, 5.41) is 5.33. The van der Waals surface area contributed by atoms with Gasteiger partial charge < -0.3 is 0 Å². The second-order valence-electron chi connectivity index (χ2n) is 5.66. The highest BCUT2D eigenvalue weighted by Crippen LogP contribution is 2.95. The van der Waals surface area contributed by atoms with Gasteiger partial charge in [-0.15, -0.1) is 0 Å². The molecule has 0 aromatic heterocycles. The Morgan fingerprint density at radius 2 is 2.21 bits per heavy atom. The highest BCUT2D eigenvalue weighted by atomic mass is 32.2. The van der Waals surface area contributed by atoms with Crippen molar-refractivity contribution in [2.75, 3.05) is 5.75 Å². The molecule has 4 unspecified atom stereocenters. The first-order valence-corrected chi connectivity index (χ1v) is 6.43. The molecule has 78 valence electrons. The van der Waals surface area contributed by atoms with E-state index in [0.717, 1.165) is 6.42 Å². The molecule has 3 rings (SSSR count). The first-order chi connectivity index (χ1) is 6.38. The molecule has 0 heterocycles. The number of rotatable bonds is 2. The van der Waals surface area contributed by atoms with Crippen LogP contribution in [0.25, 0.3) is 0 Å². The van der Waals surface area contributed by atoms with Crippen molar-refractivity contribution in [1.82, 2.24) is 0 Å². The Morgan fingerprint density at radius 1 is 1.57 bits per heavy atom. The molecule has 14 heavy (non-hydrogen) atoms. The molecule has 0 bridgehead atoms. The van der Waals surface area contributed by atoms with Gasteiger partial charge in [-0.2, -0.15) is 0 Å². The van der Waals surface area contributed by atoms with E-state index in [9.17, 15) is 9.00 Å². The van der Waals surface area contributed by atoms with Crippen LogP contribution in [0.4, 0.5) is 0 Å². The third-order valence-corrected chi connectivity index (χ3v) is 5.93. The summed E-state index contributed by atoms with van der Waals surface area (Å²) in [6.07, 6.45) is 1.64. The van der Waals surface area contributed by atoms with E-state index in [-0.39, 0.29) is 10.8 Å². The van der Waals surface area contributed by atoms with Crippen LogP contribution in [0, 0.1) is 22.2 Å². The van der Waals surface area contributed by atoms with E-state index >= 15 is 0 Å². The predicted octanol–water partition coefficient (Wildman–Crippen LogP) is 0.614. The Balaban J connectivity index is 1.97. The third kappa shape index (κ3) is 0.626. The molecule has 1 spiro atoms. The Labute approximate surface area is 86.0 Å². The maximum Gasteiger partial charge on any atom is 0.140 e. The second kappa shape index (κ2) is 2.00. The van der Waals surface area contributed by atoms with Crippen LogP contribution in [0.2, 0.25) is 0 Å². The van der Waals surface area contributed by atoms with Crippen molar-refractivity contribution in [3.8, 4) is 0 Å². The first-order valence-electron chi connectivity index (χ1n) is 5.04. The maximum absolute atomic E-state index is 11.8. The summed E-state index contributed by atoms with van der Waals surface area (Å²) < 4.78 is 11.1. The summed E-state index contributed by atoms with van der Waals surface area (Å²) >= 11 is 0. The second-order valence-corrected chi connectivity index (χ2v) is 6.71. The van der Waals surface area contributed by atoms with E-state index in [2.05, 4.69) is 13.8 Å². The lowest BCUT2D eigenvalue weighted by molar-refractivity contribution is -0.123. The van der Waals surface area contributed by atoms with Gasteiger partial charge in [0, 0.05) is 11.8 Å². The molecule has 3 nitrogen and oxygen atoms in total. The van der Waals surface area contributed by atoms with E-state index in [1.807, 2.05) is 0 Å². The molecule has 2 N–H and O–H groups in total. The zero-order chi connectivity index (χ0) is 10.4. The summed E-state index contributed by atoms with van der Waals surface area (Å²) in [6.45, 7) is 4.45. The van der Waals surface area contributed by atoms with Crippen LogP contribution in [0.15, 0.2) is 0 Å². The van der Waals surface area contributed by atoms with Gasteiger partial charge in [0.05, 0.1) is 16.7 Å². The number of carbonyl (C=O) groups is 1. The standard InChI is InChI=1S/C10H15NO2S/c1-8(2)6-3-7(12)9(5-14(11)13)4-10(6,8)9/h6H,3-5,11H2,1-2H3. The van der Waals surface area contributed by atoms with Crippen molar-refractivity contribution in [2.24, 2.45) is 27.3 Å². The fourth-order valence-electron chi connectivity index (χ4n) is 4.36. The van der Waals surface area contributed by atoms with E-state index in [1.54, 1.807) is 0 Å². The van der Waals surface area contributed by atoms with E-state index < -0.39 is 11.0 Å². The molecule has 0 amide bonds. The van der Waals surface area contributed by atoms with E-state index in [1.165, 1.54) is 0 Å². The molecule has 3 aliphatic rings. The van der Waals surface area contributed by atoms with Crippen LogP contribution in [0.5, 0.6) is 0 Å². The van der Waals surface area contributed by atoms with Gasteiger partial charge in [-0.3, -0.25) is 9.93 Å². The summed E-state index contributed by atoms with van der Waals surface area (Å²) in [4.78, 5) is 11.8. The summed E-state index contributed by atoms with van der Waals surface area (Å²) in [6, 6.07) is 0. The monoisotopic (exact) mass is 213 g/mol. The zero-order valence-electron chi connectivity index (χ0n) is 8.50. The van der Waals surface area contributed by atoms with E-state index in [0.29, 0.717) is 29.3 Å². The van der Waals surface area contributed by atoms with Gasteiger partial charge in [-0.1, -0.05) is 13.8 Å². The maximum atomic E-state index is 11.8. The quantitative estimate of drug-likeness (QED) is 0.730. The Bertz CT molecular complexity index is 378. The molecule has 0 aliphatic heterocycles. The number of Topliss-reactive ketones (excluding diaryl/α,β-unsaturated/α-hetero) is 1. The Morgan fingerprint density at radius 3 is 2.64 bits per heavy atom. The average Bonchev–Trinajstić information content (AvgIpc) is 2.76. The smallest absolute Gasteiger partial charge is 0.140 e. The van der Waals surface area contributed by atoms with Crippen molar-refractivity contribution in [3.63, 3.8) is 0 Å². The minimum atomic E-state index is -1.33.